The molecule has 25 heavy (non-hydrogen) atoms. The summed E-state index contributed by atoms with van der Waals surface area (Å²) in [5.41, 5.74) is 0. The Bertz CT molecular complexity index is 897. The number of hydrogen-bond acceptors (Lipinski definition) is 5. The summed E-state index contributed by atoms with van der Waals surface area (Å²) in [6.45, 7) is 0.871. The molecule has 134 valence electrons. The quantitative estimate of drug-likeness (QED) is 0.780. The molecule has 9 heteroatoms. The highest BCUT2D eigenvalue weighted by molar-refractivity contribution is 7.91. The molecule has 0 saturated carbocycles. The molecule has 0 aliphatic heterocycles. The summed E-state index contributed by atoms with van der Waals surface area (Å²) in [7, 11) is -3.43. The molecule has 0 saturated heterocycles. The van der Waals surface area contributed by atoms with Crippen LogP contribution in [0.3, 0.4) is 0 Å². The van der Waals surface area contributed by atoms with Gasteiger partial charge in [0, 0.05) is 6.07 Å². The molecule has 0 fully saturated rings. The van der Waals surface area contributed by atoms with E-state index in [1.165, 1.54) is 31.2 Å². The highest BCUT2D eigenvalue weighted by Gasteiger charge is 2.16. The maximum atomic E-state index is 13.5. The van der Waals surface area contributed by atoms with E-state index in [2.05, 4.69) is 0 Å². The number of carboxylic acid groups (broad SMARTS) is 1. The molecule has 0 atom stereocenters. The van der Waals surface area contributed by atoms with Gasteiger partial charge < -0.3 is 14.6 Å². The van der Waals surface area contributed by atoms with Gasteiger partial charge in [-0.3, -0.25) is 0 Å². The normalized spacial score (nSPS) is 11.2. The molecule has 0 bridgehead atoms. The number of carboxylic acids is 1. The summed E-state index contributed by atoms with van der Waals surface area (Å²) in [5.74, 6) is -1.93. The fraction of sp³-hybridized carbons (Fsp3) is 0.188. The van der Waals surface area contributed by atoms with Crippen molar-refractivity contribution >= 4 is 27.4 Å². The van der Waals surface area contributed by atoms with Gasteiger partial charge in [-0.15, -0.1) is 0 Å². The lowest BCUT2D eigenvalue weighted by molar-refractivity contribution is -0.139. The van der Waals surface area contributed by atoms with Gasteiger partial charge in [0.15, 0.2) is 27.9 Å². The number of sulfone groups is 1. The van der Waals surface area contributed by atoms with Crippen LogP contribution in [0.25, 0.3) is 0 Å². The molecule has 6 nitrogen and oxygen atoms in total. The highest BCUT2D eigenvalue weighted by Crippen LogP contribution is 2.36. The van der Waals surface area contributed by atoms with Crippen LogP contribution in [0, 0.1) is 5.82 Å². The number of aliphatic carboxylic acids is 1. The van der Waals surface area contributed by atoms with Crippen molar-refractivity contribution in [3.05, 3.63) is 47.2 Å². The van der Waals surface area contributed by atoms with Crippen LogP contribution < -0.4 is 9.47 Å². The maximum absolute atomic E-state index is 13.5. The van der Waals surface area contributed by atoms with E-state index in [0.717, 1.165) is 12.1 Å². The molecule has 2 rings (SSSR count). The van der Waals surface area contributed by atoms with Gasteiger partial charge in [-0.1, -0.05) is 18.5 Å². The Balaban J connectivity index is 2.33. The number of hydrogen-bond donors (Lipinski definition) is 1. The van der Waals surface area contributed by atoms with Crippen molar-refractivity contribution in [1.29, 1.82) is 0 Å². The average Bonchev–Trinajstić information content (AvgIpc) is 2.55. The molecule has 0 spiro atoms. The summed E-state index contributed by atoms with van der Waals surface area (Å²) >= 11 is 6.04. The van der Waals surface area contributed by atoms with E-state index in [9.17, 15) is 17.6 Å². The lowest BCUT2D eigenvalue weighted by Crippen LogP contribution is -2.10. The van der Waals surface area contributed by atoms with Crippen molar-refractivity contribution in [1.82, 2.24) is 0 Å². The van der Waals surface area contributed by atoms with Crippen molar-refractivity contribution in [2.24, 2.45) is 0 Å². The first-order valence-electron chi connectivity index (χ1n) is 7.07. The van der Waals surface area contributed by atoms with Gasteiger partial charge in [-0.25, -0.2) is 17.6 Å². The molecule has 2 aromatic carbocycles. The van der Waals surface area contributed by atoms with Gasteiger partial charge >= 0.3 is 5.97 Å². The summed E-state index contributed by atoms with van der Waals surface area (Å²) in [6, 6.07) is 7.19. The molecular formula is C16H14ClFO6S. The van der Waals surface area contributed by atoms with Gasteiger partial charge in [0.2, 0.25) is 0 Å². The first-order chi connectivity index (χ1) is 11.7. The van der Waals surface area contributed by atoms with Crippen LogP contribution in [0.4, 0.5) is 4.39 Å². The van der Waals surface area contributed by atoms with E-state index in [1.54, 1.807) is 0 Å². The van der Waals surface area contributed by atoms with E-state index in [1.807, 2.05) is 0 Å². The van der Waals surface area contributed by atoms with Crippen LogP contribution in [0.5, 0.6) is 17.2 Å². The van der Waals surface area contributed by atoms with E-state index >= 15 is 0 Å². The van der Waals surface area contributed by atoms with E-state index in [0.29, 0.717) is 0 Å². The predicted molar refractivity (Wildman–Crippen MR) is 88.8 cm³/mol. The zero-order chi connectivity index (χ0) is 18.6. The Labute approximate surface area is 148 Å². The van der Waals surface area contributed by atoms with Crippen molar-refractivity contribution in [2.45, 2.75) is 11.8 Å². The Morgan fingerprint density at radius 2 is 1.84 bits per heavy atom. The molecule has 0 heterocycles. The Morgan fingerprint density at radius 3 is 2.44 bits per heavy atom. The molecule has 1 N–H and O–H groups in total. The average molecular weight is 389 g/mol. The summed E-state index contributed by atoms with van der Waals surface area (Å²) in [5, 5.41) is 8.67. The predicted octanol–water partition coefficient (Wildman–Crippen LogP) is 3.53. The van der Waals surface area contributed by atoms with Gasteiger partial charge in [0.05, 0.1) is 15.7 Å². The van der Waals surface area contributed by atoms with Crippen LogP contribution in [0.2, 0.25) is 5.02 Å². The first kappa shape index (κ1) is 19.0. The van der Waals surface area contributed by atoms with Crippen LogP contribution in [-0.4, -0.2) is 31.9 Å². The third-order valence-corrected chi connectivity index (χ3v) is 5.15. The second-order valence-corrected chi connectivity index (χ2v) is 7.56. The molecule has 0 aliphatic carbocycles. The Kier molecular flexibility index (Phi) is 5.86. The minimum atomic E-state index is -3.43. The monoisotopic (exact) mass is 388 g/mol. The second kappa shape index (κ2) is 7.71. The molecule has 0 aromatic heterocycles. The number of benzene rings is 2. The first-order valence-corrected chi connectivity index (χ1v) is 9.10. The van der Waals surface area contributed by atoms with Gasteiger partial charge in [0.25, 0.3) is 0 Å². The molecule has 0 aliphatic rings. The highest BCUT2D eigenvalue weighted by atomic mass is 35.5. The lowest BCUT2D eigenvalue weighted by atomic mass is 10.3. The summed E-state index contributed by atoms with van der Waals surface area (Å²) in [4.78, 5) is 10.6. The van der Waals surface area contributed by atoms with Gasteiger partial charge in [-0.05, 0) is 30.3 Å². The van der Waals surface area contributed by atoms with Crippen molar-refractivity contribution in [2.75, 3.05) is 12.4 Å². The molecular weight excluding hydrogens is 375 g/mol. The fourth-order valence-electron chi connectivity index (χ4n) is 1.86. The van der Waals surface area contributed by atoms with Crippen LogP contribution >= 0.6 is 11.6 Å². The number of halogens is 2. The second-order valence-electron chi connectivity index (χ2n) is 4.87. The van der Waals surface area contributed by atoms with Crippen molar-refractivity contribution in [3.8, 4) is 17.2 Å². The minimum Gasteiger partial charge on any atom is -0.479 e. The van der Waals surface area contributed by atoms with E-state index in [-0.39, 0.29) is 32.9 Å². The minimum absolute atomic E-state index is 0.00275. The molecule has 0 amide bonds. The zero-order valence-corrected chi connectivity index (χ0v) is 14.6. The molecule has 0 unspecified atom stereocenters. The van der Waals surface area contributed by atoms with Crippen molar-refractivity contribution in [3.63, 3.8) is 0 Å². The maximum Gasteiger partial charge on any atom is 0.341 e. The van der Waals surface area contributed by atoms with Crippen LogP contribution in [0.1, 0.15) is 6.92 Å². The molecule has 2 aromatic rings. The topological polar surface area (TPSA) is 89.9 Å². The third-order valence-electron chi connectivity index (χ3n) is 3.12. The largest absolute Gasteiger partial charge is 0.479 e. The number of rotatable bonds is 7. The Morgan fingerprint density at radius 1 is 1.16 bits per heavy atom. The summed E-state index contributed by atoms with van der Waals surface area (Å²) < 4.78 is 47.6. The lowest BCUT2D eigenvalue weighted by Gasteiger charge is -2.13. The van der Waals surface area contributed by atoms with Gasteiger partial charge in [-0.2, -0.15) is 0 Å². The fourth-order valence-corrected chi connectivity index (χ4v) is 3.05. The van der Waals surface area contributed by atoms with Crippen LogP contribution in [0.15, 0.2) is 41.3 Å². The van der Waals surface area contributed by atoms with Crippen LogP contribution in [-0.2, 0) is 14.6 Å². The molecule has 0 radical (unpaired) electrons. The number of carbonyl (C=O) groups is 1. The zero-order valence-electron chi connectivity index (χ0n) is 13.0. The van der Waals surface area contributed by atoms with Gasteiger partial charge in [0.1, 0.15) is 11.6 Å². The summed E-state index contributed by atoms with van der Waals surface area (Å²) in [6.07, 6.45) is 0. The van der Waals surface area contributed by atoms with E-state index in [4.69, 9.17) is 26.2 Å². The Hall–Kier alpha value is -2.32. The third kappa shape index (κ3) is 4.83. The smallest absolute Gasteiger partial charge is 0.341 e. The van der Waals surface area contributed by atoms with Crippen molar-refractivity contribution < 1.29 is 32.2 Å². The SMILES string of the molecule is CCS(=O)(=O)c1ccc(Oc2cc(F)ccc2OCC(=O)O)c(Cl)c1. The standard InChI is InChI=1S/C16H14ClFO6S/c1-2-25(21,22)11-4-6-13(12(17)8-11)24-15-7-10(18)3-5-14(15)23-9-16(19)20/h3-8H,2,9H2,1H3,(H,19,20). The van der Waals surface area contributed by atoms with E-state index < -0.39 is 28.2 Å². The number of ether oxygens (including phenoxy) is 2.